The second kappa shape index (κ2) is 3.35. The van der Waals surface area contributed by atoms with Crippen LogP contribution in [0.25, 0.3) is 0 Å². The summed E-state index contributed by atoms with van der Waals surface area (Å²) in [7, 11) is 1.89. The normalized spacial score (nSPS) is 32.4. The predicted molar refractivity (Wildman–Crippen MR) is 54.6 cm³/mol. The van der Waals surface area contributed by atoms with Gasteiger partial charge in [-0.25, -0.2) is 0 Å². The highest BCUT2D eigenvalue weighted by Crippen LogP contribution is 2.34. The Morgan fingerprint density at radius 2 is 2.50 bits per heavy atom. The maximum atomic E-state index is 6.31. The molecule has 0 bridgehead atoms. The molecule has 1 aliphatic carbocycles. The van der Waals surface area contributed by atoms with Gasteiger partial charge in [0.25, 0.3) is 0 Å². The van der Waals surface area contributed by atoms with Gasteiger partial charge in [0.1, 0.15) is 0 Å². The fraction of sp³-hybridized carbons (Fsp3) is 0.800. The summed E-state index contributed by atoms with van der Waals surface area (Å²) in [5.41, 5.74) is 7.30. The maximum Gasteiger partial charge on any atom is 0.0845 e. The van der Waals surface area contributed by atoms with Crippen molar-refractivity contribution < 1.29 is 0 Å². The first-order chi connectivity index (χ1) is 6.57. The second-order valence-electron chi connectivity index (χ2n) is 4.77. The van der Waals surface area contributed by atoms with E-state index < -0.39 is 0 Å². The van der Waals surface area contributed by atoms with Gasteiger partial charge in [0.15, 0.2) is 0 Å². The molecule has 1 saturated carbocycles. The van der Waals surface area contributed by atoms with E-state index in [1.807, 2.05) is 13.2 Å². The molecule has 2 atom stereocenters. The minimum atomic E-state index is -0.0323. The molecule has 0 aromatic carbocycles. The van der Waals surface area contributed by atoms with E-state index in [1.165, 1.54) is 6.42 Å². The Labute approximate surface area is 84.5 Å². The zero-order chi connectivity index (χ0) is 10.2. The van der Waals surface area contributed by atoms with Gasteiger partial charge >= 0.3 is 0 Å². The van der Waals surface area contributed by atoms with Crippen molar-refractivity contribution in [3.8, 4) is 0 Å². The van der Waals surface area contributed by atoms with Crippen molar-refractivity contribution in [2.24, 2.45) is 18.7 Å². The van der Waals surface area contributed by atoms with Gasteiger partial charge < -0.3 is 5.73 Å². The quantitative estimate of drug-likeness (QED) is 0.760. The molecule has 0 saturated heterocycles. The van der Waals surface area contributed by atoms with E-state index in [0.29, 0.717) is 0 Å². The molecule has 1 aromatic heterocycles. The number of aromatic nitrogens is 3. The highest BCUT2D eigenvalue weighted by atomic mass is 15.4. The van der Waals surface area contributed by atoms with Crippen LogP contribution in [0.2, 0.25) is 0 Å². The average Bonchev–Trinajstić information content (AvgIpc) is 2.60. The van der Waals surface area contributed by atoms with Gasteiger partial charge in [0.05, 0.1) is 5.69 Å². The summed E-state index contributed by atoms with van der Waals surface area (Å²) in [5.74, 6) is 0.761. The molecule has 0 aliphatic heterocycles. The molecule has 0 amide bonds. The first-order valence-electron chi connectivity index (χ1n) is 5.21. The molecule has 2 N–H and O–H groups in total. The highest BCUT2D eigenvalue weighted by molar-refractivity contribution is 5.04. The molecular weight excluding hydrogens is 176 g/mol. The third kappa shape index (κ3) is 1.95. The van der Waals surface area contributed by atoms with Crippen molar-refractivity contribution in [1.82, 2.24) is 15.0 Å². The van der Waals surface area contributed by atoms with E-state index in [4.69, 9.17) is 5.73 Å². The number of hydrogen-bond donors (Lipinski definition) is 1. The molecule has 78 valence electrons. The van der Waals surface area contributed by atoms with Crippen molar-refractivity contribution in [3.05, 3.63) is 11.9 Å². The smallest absolute Gasteiger partial charge is 0.0845 e. The molecule has 4 nitrogen and oxygen atoms in total. The molecule has 1 fully saturated rings. The first-order valence-corrected chi connectivity index (χ1v) is 5.21. The number of rotatable bonds is 2. The van der Waals surface area contributed by atoms with Crippen molar-refractivity contribution in [1.29, 1.82) is 0 Å². The Balaban J connectivity index is 2.03. The van der Waals surface area contributed by atoms with E-state index in [9.17, 15) is 0 Å². The Bertz CT molecular complexity index is 320. The molecule has 4 heteroatoms. The lowest BCUT2D eigenvalue weighted by Crippen LogP contribution is -2.39. The van der Waals surface area contributed by atoms with Crippen LogP contribution in [0.5, 0.6) is 0 Å². The third-order valence-corrected chi connectivity index (χ3v) is 3.07. The fourth-order valence-electron chi connectivity index (χ4n) is 2.43. The van der Waals surface area contributed by atoms with Gasteiger partial charge in [-0.2, -0.15) is 0 Å². The van der Waals surface area contributed by atoms with Crippen molar-refractivity contribution >= 4 is 0 Å². The Hall–Kier alpha value is -0.900. The van der Waals surface area contributed by atoms with Crippen LogP contribution in [-0.2, 0) is 13.5 Å². The zero-order valence-corrected chi connectivity index (χ0v) is 8.90. The highest BCUT2D eigenvalue weighted by Gasteiger charge is 2.34. The Kier molecular flexibility index (Phi) is 2.31. The van der Waals surface area contributed by atoms with Crippen LogP contribution in [0.1, 0.15) is 31.9 Å². The largest absolute Gasteiger partial charge is 0.325 e. The molecule has 0 radical (unpaired) electrons. The topological polar surface area (TPSA) is 56.7 Å². The summed E-state index contributed by atoms with van der Waals surface area (Å²) in [6.07, 6.45) is 6.30. The number of hydrogen-bond acceptors (Lipinski definition) is 3. The van der Waals surface area contributed by atoms with E-state index in [2.05, 4.69) is 17.2 Å². The van der Waals surface area contributed by atoms with Crippen LogP contribution in [0.4, 0.5) is 0 Å². The summed E-state index contributed by atoms with van der Waals surface area (Å²) in [6.45, 7) is 2.27. The molecule has 2 unspecified atom stereocenters. The SMILES string of the molecule is CC1CCC(N)(Cc2cn(C)nn2)C1. The van der Waals surface area contributed by atoms with Crippen LogP contribution >= 0.6 is 0 Å². The Morgan fingerprint density at radius 3 is 3.00 bits per heavy atom. The number of aryl methyl sites for hydroxylation is 1. The number of nitrogens with two attached hydrogens (primary N) is 1. The first kappa shape index (κ1) is 9.65. The van der Waals surface area contributed by atoms with Gasteiger partial charge in [-0.1, -0.05) is 12.1 Å². The zero-order valence-electron chi connectivity index (χ0n) is 8.90. The van der Waals surface area contributed by atoms with Gasteiger partial charge in [-0.15, -0.1) is 5.10 Å². The molecule has 1 aliphatic rings. The van der Waals surface area contributed by atoms with Gasteiger partial charge in [0, 0.05) is 25.2 Å². The van der Waals surface area contributed by atoms with Gasteiger partial charge in [0.2, 0.25) is 0 Å². The minimum Gasteiger partial charge on any atom is -0.325 e. The predicted octanol–water partition coefficient (Wildman–Crippen LogP) is 0.875. The van der Waals surface area contributed by atoms with Crippen LogP contribution in [0.3, 0.4) is 0 Å². The summed E-state index contributed by atoms with van der Waals surface area (Å²) >= 11 is 0. The van der Waals surface area contributed by atoms with E-state index in [1.54, 1.807) is 4.68 Å². The molecule has 1 aromatic rings. The molecule has 14 heavy (non-hydrogen) atoms. The van der Waals surface area contributed by atoms with Crippen LogP contribution < -0.4 is 5.73 Å². The molecule has 0 spiro atoms. The van der Waals surface area contributed by atoms with Gasteiger partial charge in [-0.05, 0) is 25.2 Å². The van der Waals surface area contributed by atoms with Crippen LogP contribution in [-0.4, -0.2) is 20.5 Å². The van der Waals surface area contributed by atoms with Crippen molar-refractivity contribution in [2.75, 3.05) is 0 Å². The van der Waals surface area contributed by atoms with Crippen LogP contribution in [0, 0.1) is 5.92 Å². The summed E-state index contributed by atoms with van der Waals surface area (Å²) in [4.78, 5) is 0. The van der Waals surface area contributed by atoms with E-state index >= 15 is 0 Å². The van der Waals surface area contributed by atoms with Gasteiger partial charge in [-0.3, -0.25) is 4.68 Å². The number of nitrogens with zero attached hydrogens (tertiary/aromatic N) is 3. The van der Waals surface area contributed by atoms with Crippen molar-refractivity contribution in [3.63, 3.8) is 0 Å². The summed E-state index contributed by atoms with van der Waals surface area (Å²) < 4.78 is 1.73. The lowest BCUT2D eigenvalue weighted by atomic mass is 9.92. The monoisotopic (exact) mass is 194 g/mol. The van der Waals surface area contributed by atoms with Crippen molar-refractivity contribution in [2.45, 2.75) is 38.1 Å². The molecule has 2 rings (SSSR count). The summed E-state index contributed by atoms with van der Waals surface area (Å²) in [5, 5.41) is 8.00. The van der Waals surface area contributed by atoms with Crippen LogP contribution in [0.15, 0.2) is 6.20 Å². The standard InChI is InChI=1S/C10H18N4/c1-8-3-4-10(11,5-8)6-9-7-14(2)13-12-9/h7-8H,3-6,11H2,1-2H3. The lowest BCUT2D eigenvalue weighted by molar-refractivity contribution is 0.415. The molecule has 1 heterocycles. The van der Waals surface area contributed by atoms with E-state index in [-0.39, 0.29) is 5.54 Å². The fourth-order valence-corrected chi connectivity index (χ4v) is 2.43. The third-order valence-electron chi connectivity index (χ3n) is 3.07. The minimum absolute atomic E-state index is 0.0323. The lowest BCUT2D eigenvalue weighted by Gasteiger charge is -2.22. The second-order valence-corrected chi connectivity index (χ2v) is 4.77. The Morgan fingerprint density at radius 1 is 1.71 bits per heavy atom. The summed E-state index contributed by atoms with van der Waals surface area (Å²) in [6, 6.07) is 0. The van der Waals surface area contributed by atoms with E-state index in [0.717, 1.165) is 30.9 Å². The average molecular weight is 194 g/mol. The maximum absolute atomic E-state index is 6.31. The molecular formula is C10H18N4.